The largest absolute Gasteiger partial charge is 0.326 e. The Morgan fingerprint density at radius 1 is 1.16 bits per heavy atom. The molecule has 25 heavy (non-hydrogen) atoms. The van der Waals surface area contributed by atoms with Gasteiger partial charge in [0.05, 0.1) is 5.25 Å². The van der Waals surface area contributed by atoms with Gasteiger partial charge in [-0.2, -0.15) is 0 Å². The molecule has 2 N–H and O–H groups in total. The number of hydrogen-bond acceptors (Lipinski definition) is 4. The van der Waals surface area contributed by atoms with Gasteiger partial charge in [-0.1, -0.05) is 6.07 Å². The first kappa shape index (κ1) is 18.4. The highest BCUT2D eigenvalue weighted by molar-refractivity contribution is 7.90. The average molecular weight is 381 g/mol. The molecule has 0 radical (unpaired) electrons. The van der Waals surface area contributed by atoms with Crippen molar-refractivity contribution in [3.05, 3.63) is 29.6 Å². The third-order valence-corrected chi connectivity index (χ3v) is 7.56. The molecule has 0 saturated heterocycles. The number of sulfonamides is 1. The van der Waals surface area contributed by atoms with E-state index in [0.29, 0.717) is 25.7 Å². The van der Waals surface area contributed by atoms with Gasteiger partial charge in [-0.3, -0.25) is 4.79 Å². The molecular weight excluding hydrogens is 356 g/mol. The van der Waals surface area contributed by atoms with E-state index in [1.165, 1.54) is 5.39 Å². The number of carbonyl (C=O) groups is 1. The molecule has 1 saturated carbocycles. The van der Waals surface area contributed by atoms with Gasteiger partial charge in [0.2, 0.25) is 15.9 Å². The first-order valence-corrected chi connectivity index (χ1v) is 11.1. The molecule has 1 aliphatic carbocycles. The normalized spacial score (nSPS) is 21.6. The van der Waals surface area contributed by atoms with Crippen LogP contribution in [0.3, 0.4) is 0 Å². The lowest BCUT2D eigenvalue weighted by atomic mass is 9.86. The maximum absolute atomic E-state index is 12.5. The SMILES string of the molecule is CC(C)S(=O)(=O)N[C@H]1CC[C@H](C(=O)Nc2ccc3ccsc3c2)CC1. The lowest BCUT2D eigenvalue weighted by Gasteiger charge is -2.28. The predicted molar refractivity (Wildman–Crippen MR) is 103 cm³/mol. The smallest absolute Gasteiger partial charge is 0.227 e. The molecule has 2 aromatic rings. The zero-order valence-corrected chi connectivity index (χ0v) is 16.1. The lowest BCUT2D eigenvalue weighted by Crippen LogP contribution is -2.42. The Bertz CT molecular complexity index is 850. The van der Waals surface area contributed by atoms with E-state index in [0.717, 1.165) is 10.4 Å². The Labute approximate surface area is 152 Å². The molecule has 136 valence electrons. The Morgan fingerprint density at radius 3 is 2.56 bits per heavy atom. The summed E-state index contributed by atoms with van der Waals surface area (Å²) in [6, 6.07) is 7.94. The summed E-state index contributed by atoms with van der Waals surface area (Å²) in [5, 5.41) is 5.79. The highest BCUT2D eigenvalue weighted by Gasteiger charge is 2.29. The molecule has 0 spiro atoms. The van der Waals surface area contributed by atoms with Crippen LogP contribution in [-0.2, 0) is 14.8 Å². The van der Waals surface area contributed by atoms with E-state index in [4.69, 9.17) is 0 Å². The van der Waals surface area contributed by atoms with Gasteiger partial charge in [0.15, 0.2) is 0 Å². The summed E-state index contributed by atoms with van der Waals surface area (Å²) in [6.07, 6.45) is 2.82. The Balaban J connectivity index is 1.54. The van der Waals surface area contributed by atoms with Crippen LogP contribution in [0.15, 0.2) is 29.6 Å². The second-order valence-corrected chi connectivity index (χ2v) is 10.1. The van der Waals surface area contributed by atoms with E-state index < -0.39 is 15.3 Å². The summed E-state index contributed by atoms with van der Waals surface area (Å²) >= 11 is 1.66. The molecule has 7 heteroatoms. The fourth-order valence-electron chi connectivity index (χ4n) is 3.12. The lowest BCUT2D eigenvalue weighted by molar-refractivity contribution is -0.120. The van der Waals surface area contributed by atoms with Gasteiger partial charge >= 0.3 is 0 Å². The highest BCUT2D eigenvalue weighted by atomic mass is 32.2. The van der Waals surface area contributed by atoms with E-state index in [1.807, 2.05) is 23.6 Å². The molecule has 0 aliphatic heterocycles. The van der Waals surface area contributed by atoms with Crippen molar-refractivity contribution in [3.63, 3.8) is 0 Å². The van der Waals surface area contributed by atoms with Crippen LogP contribution >= 0.6 is 11.3 Å². The van der Waals surface area contributed by atoms with Crippen molar-refractivity contribution in [2.45, 2.75) is 50.8 Å². The van der Waals surface area contributed by atoms with Gasteiger partial charge in [-0.25, -0.2) is 13.1 Å². The van der Waals surface area contributed by atoms with E-state index in [9.17, 15) is 13.2 Å². The van der Waals surface area contributed by atoms with Crippen molar-refractivity contribution in [1.82, 2.24) is 4.72 Å². The number of amides is 1. The summed E-state index contributed by atoms with van der Waals surface area (Å²) in [5.74, 6) is -0.0279. The third kappa shape index (κ3) is 4.40. The Hall–Kier alpha value is -1.44. The minimum atomic E-state index is -3.25. The zero-order chi connectivity index (χ0) is 18.0. The van der Waals surface area contributed by atoms with E-state index >= 15 is 0 Å². The van der Waals surface area contributed by atoms with Crippen molar-refractivity contribution < 1.29 is 13.2 Å². The molecule has 1 fully saturated rings. The number of fused-ring (bicyclic) bond motifs is 1. The first-order valence-electron chi connectivity index (χ1n) is 8.64. The van der Waals surface area contributed by atoms with Crippen LogP contribution in [0.4, 0.5) is 5.69 Å². The third-order valence-electron chi connectivity index (χ3n) is 4.77. The first-order chi connectivity index (χ1) is 11.8. The second-order valence-electron chi connectivity index (χ2n) is 6.92. The van der Waals surface area contributed by atoms with Crippen LogP contribution in [0.1, 0.15) is 39.5 Å². The molecule has 0 atom stereocenters. The maximum Gasteiger partial charge on any atom is 0.227 e. The molecule has 1 aromatic carbocycles. The van der Waals surface area contributed by atoms with E-state index in [-0.39, 0.29) is 17.9 Å². The minimum Gasteiger partial charge on any atom is -0.326 e. The van der Waals surface area contributed by atoms with Crippen LogP contribution < -0.4 is 10.0 Å². The Kier molecular flexibility index (Phi) is 5.46. The van der Waals surface area contributed by atoms with Gasteiger partial charge in [-0.15, -0.1) is 11.3 Å². The molecule has 1 amide bonds. The van der Waals surface area contributed by atoms with E-state index in [1.54, 1.807) is 25.2 Å². The summed E-state index contributed by atoms with van der Waals surface area (Å²) < 4.78 is 27.8. The van der Waals surface area contributed by atoms with Crippen molar-refractivity contribution >= 4 is 43.0 Å². The molecule has 1 heterocycles. The monoisotopic (exact) mass is 380 g/mol. The fourth-order valence-corrected chi connectivity index (χ4v) is 4.92. The van der Waals surface area contributed by atoms with E-state index in [2.05, 4.69) is 16.1 Å². The van der Waals surface area contributed by atoms with Crippen LogP contribution in [0.5, 0.6) is 0 Å². The Morgan fingerprint density at radius 2 is 1.88 bits per heavy atom. The number of anilines is 1. The molecule has 0 unspecified atom stereocenters. The zero-order valence-electron chi connectivity index (χ0n) is 14.5. The molecule has 1 aliphatic rings. The van der Waals surface area contributed by atoms with Gasteiger partial charge in [0.25, 0.3) is 0 Å². The van der Waals surface area contributed by atoms with Crippen LogP contribution in [-0.4, -0.2) is 25.6 Å². The standard InChI is InChI=1S/C18H24N2O3S2/c1-12(2)25(22,23)20-15-6-4-14(5-7-15)18(21)19-16-8-3-13-9-10-24-17(13)11-16/h3,8-12,14-15,20H,4-7H2,1-2H3,(H,19,21)/t14-,15-. The number of hydrogen-bond donors (Lipinski definition) is 2. The fraction of sp³-hybridized carbons (Fsp3) is 0.500. The number of thiophene rings is 1. The van der Waals surface area contributed by atoms with Crippen molar-refractivity contribution in [2.75, 3.05) is 5.32 Å². The number of benzene rings is 1. The van der Waals surface area contributed by atoms with Gasteiger partial charge in [0, 0.05) is 22.3 Å². The van der Waals surface area contributed by atoms with Gasteiger partial charge < -0.3 is 5.32 Å². The van der Waals surface area contributed by atoms with Gasteiger partial charge in [-0.05, 0) is 68.5 Å². The topological polar surface area (TPSA) is 75.3 Å². The minimum absolute atomic E-state index is 0.0288. The van der Waals surface area contributed by atoms with Crippen LogP contribution in [0.2, 0.25) is 0 Å². The summed E-state index contributed by atoms with van der Waals surface area (Å²) in [5.41, 5.74) is 0.822. The molecule has 0 bridgehead atoms. The summed E-state index contributed by atoms with van der Waals surface area (Å²) in [6.45, 7) is 3.34. The summed E-state index contributed by atoms with van der Waals surface area (Å²) in [4.78, 5) is 12.5. The second kappa shape index (κ2) is 7.43. The van der Waals surface area contributed by atoms with Crippen molar-refractivity contribution in [2.24, 2.45) is 5.92 Å². The van der Waals surface area contributed by atoms with Crippen LogP contribution in [0.25, 0.3) is 10.1 Å². The maximum atomic E-state index is 12.5. The number of carbonyl (C=O) groups excluding carboxylic acids is 1. The molecule has 3 rings (SSSR count). The van der Waals surface area contributed by atoms with Gasteiger partial charge in [0.1, 0.15) is 0 Å². The molecule has 1 aromatic heterocycles. The van der Waals surface area contributed by atoms with Crippen molar-refractivity contribution in [1.29, 1.82) is 0 Å². The molecular formula is C18H24N2O3S2. The summed E-state index contributed by atoms with van der Waals surface area (Å²) in [7, 11) is -3.25. The van der Waals surface area contributed by atoms with Crippen molar-refractivity contribution in [3.8, 4) is 0 Å². The molecule has 5 nitrogen and oxygen atoms in total. The van der Waals surface area contributed by atoms with Crippen LogP contribution in [0, 0.1) is 5.92 Å². The number of rotatable bonds is 5. The predicted octanol–water partition coefficient (Wildman–Crippen LogP) is 3.73. The average Bonchev–Trinajstić information content (AvgIpc) is 3.02. The number of nitrogens with one attached hydrogen (secondary N) is 2. The quantitative estimate of drug-likeness (QED) is 0.830. The highest BCUT2D eigenvalue weighted by Crippen LogP contribution is 2.28.